The molecule has 2 atom stereocenters. The lowest BCUT2D eigenvalue weighted by Crippen LogP contribution is -2.40. The van der Waals surface area contributed by atoms with Crippen molar-refractivity contribution >= 4 is 17.9 Å². The number of quaternary nitrogens is 1. The molecule has 0 saturated carbocycles. The lowest BCUT2D eigenvalue weighted by molar-refractivity contribution is -0.870. The molecule has 9 heteroatoms. The van der Waals surface area contributed by atoms with Crippen LogP contribution in [-0.2, 0) is 33.3 Å². The van der Waals surface area contributed by atoms with Gasteiger partial charge in [-0.05, 0) is 141 Å². The number of hydrogen-bond acceptors (Lipinski definition) is 7. The number of unbranched alkanes of at least 4 members (excludes halogenated alkanes) is 14. The van der Waals surface area contributed by atoms with E-state index in [1.165, 1.54) is 51.4 Å². The van der Waals surface area contributed by atoms with Crippen molar-refractivity contribution in [2.45, 2.75) is 245 Å². The van der Waals surface area contributed by atoms with Crippen LogP contribution in [0.1, 0.15) is 232 Å². The number of hydrogen-bond donors (Lipinski definition) is 1. The van der Waals surface area contributed by atoms with Gasteiger partial charge in [-0.2, -0.15) is 0 Å². The maximum absolute atomic E-state index is 12.9. The first kappa shape index (κ1) is 83.1. The summed E-state index contributed by atoms with van der Waals surface area (Å²) in [5.41, 5.74) is 0. The number of nitrogens with zero attached hydrogens (tertiary/aromatic N) is 1. The molecule has 0 saturated heterocycles. The van der Waals surface area contributed by atoms with E-state index in [2.05, 4.69) is 208 Å². The predicted octanol–water partition coefficient (Wildman–Crippen LogP) is 21.8. The Bertz CT molecular complexity index is 2160. The molecule has 0 amide bonds. The zero-order valence-electron chi connectivity index (χ0n) is 56.8. The normalized spacial score (nSPS) is 13.9. The highest BCUT2D eigenvalue weighted by atomic mass is 16.7. The number of rotatable bonds is 61. The molecule has 0 spiro atoms. The van der Waals surface area contributed by atoms with Gasteiger partial charge in [0.15, 0.2) is 6.10 Å². The summed E-state index contributed by atoms with van der Waals surface area (Å²) in [4.78, 5) is 37.6. The van der Waals surface area contributed by atoms with Gasteiger partial charge in [0.2, 0.25) is 0 Å². The molecule has 1 N–H and O–H groups in total. The van der Waals surface area contributed by atoms with E-state index in [4.69, 9.17) is 18.9 Å². The van der Waals surface area contributed by atoms with E-state index < -0.39 is 30.3 Å². The van der Waals surface area contributed by atoms with Gasteiger partial charge in [0.25, 0.3) is 6.29 Å². The molecule has 0 fully saturated rings. The maximum atomic E-state index is 12.9. The zero-order chi connectivity index (χ0) is 64.7. The molecular weight excluding hydrogens is 1100 g/mol. The van der Waals surface area contributed by atoms with Crippen molar-refractivity contribution in [1.82, 2.24) is 0 Å². The van der Waals surface area contributed by atoms with Crippen LogP contribution in [0, 0.1) is 0 Å². The highest BCUT2D eigenvalue weighted by molar-refractivity contribution is 5.71. The molecule has 0 aromatic heterocycles. The standard InChI is InChI=1S/C80H125NO8/c1-6-8-10-12-14-16-18-20-22-24-26-28-30-32-34-35-36-37-38-39-40-41-42-43-45-47-49-51-53-55-57-59-61-63-65-67-69-71-78(83)89-76(75-88-80(79(84)85)86-73-72-81(3,4)5)74-87-77(82)70-68-66-64-62-60-58-56-54-52-50-48-46-44-33-31-29-27-25-23-21-19-17-15-13-11-9-7-2/h8-11,14-17,20-23,26-29,32-34,36-37,39-40,42-44,48,50,54,56,60,62,76,80H,6-7,12-13,18-19,24-25,30-31,35,38,41,45-47,49,51-53,55,57-59,61,63-75H2,1-5H3/p+1/b10-8-,11-9-,16-14-,17-15-,22-20-,23-21-,28-26-,29-27-,34-32-,37-36-,40-39-,43-42-,44-33-,50-48-,56-54-,62-60-. The fourth-order valence-corrected chi connectivity index (χ4v) is 8.63. The second-order valence-electron chi connectivity index (χ2n) is 23.4. The summed E-state index contributed by atoms with van der Waals surface area (Å²) in [7, 11) is 5.95. The molecule has 498 valence electrons. The highest BCUT2D eigenvalue weighted by Crippen LogP contribution is 2.15. The third-order valence-electron chi connectivity index (χ3n) is 13.8. The third kappa shape index (κ3) is 69.5. The Morgan fingerprint density at radius 1 is 0.337 bits per heavy atom. The van der Waals surface area contributed by atoms with Crippen molar-refractivity contribution in [3.8, 4) is 0 Å². The summed E-state index contributed by atoms with van der Waals surface area (Å²) in [5.74, 6) is -2.09. The van der Waals surface area contributed by atoms with E-state index in [-0.39, 0.29) is 32.7 Å². The molecule has 89 heavy (non-hydrogen) atoms. The maximum Gasteiger partial charge on any atom is 0.361 e. The fraction of sp³-hybridized carbons (Fsp3) is 0.562. The second-order valence-corrected chi connectivity index (χ2v) is 23.4. The minimum atomic E-state index is -1.53. The summed E-state index contributed by atoms with van der Waals surface area (Å²) in [6.07, 6.45) is 102. The molecular formula is C80H126NO8+. The zero-order valence-corrected chi connectivity index (χ0v) is 56.8. The van der Waals surface area contributed by atoms with Gasteiger partial charge in [-0.3, -0.25) is 9.59 Å². The molecule has 0 rings (SSSR count). The van der Waals surface area contributed by atoms with Crippen molar-refractivity contribution in [3.63, 3.8) is 0 Å². The van der Waals surface area contributed by atoms with Crippen molar-refractivity contribution in [3.05, 3.63) is 194 Å². The Balaban J connectivity index is 4.26. The molecule has 0 aliphatic rings. The van der Waals surface area contributed by atoms with Gasteiger partial charge < -0.3 is 28.5 Å². The lowest BCUT2D eigenvalue weighted by Gasteiger charge is -2.25. The number of carbonyl (C=O) groups is 3. The predicted molar refractivity (Wildman–Crippen MR) is 382 cm³/mol. The Labute approximate surface area is 544 Å². The molecule has 9 nitrogen and oxygen atoms in total. The van der Waals surface area contributed by atoms with Gasteiger partial charge >= 0.3 is 17.9 Å². The molecule has 0 bridgehead atoms. The van der Waals surface area contributed by atoms with Crippen LogP contribution in [-0.4, -0.2) is 87.4 Å². The van der Waals surface area contributed by atoms with Crippen LogP contribution in [0.5, 0.6) is 0 Å². The lowest BCUT2D eigenvalue weighted by atomic mass is 10.0. The van der Waals surface area contributed by atoms with E-state index >= 15 is 0 Å². The van der Waals surface area contributed by atoms with E-state index in [0.29, 0.717) is 23.9 Å². The van der Waals surface area contributed by atoms with E-state index in [9.17, 15) is 19.5 Å². The van der Waals surface area contributed by atoms with E-state index in [1.54, 1.807) is 0 Å². The molecule has 0 aliphatic heterocycles. The van der Waals surface area contributed by atoms with Crippen molar-refractivity contribution in [2.75, 3.05) is 47.5 Å². The third-order valence-corrected chi connectivity index (χ3v) is 13.8. The molecule has 0 aliphatic carbocycles. The Morgan fingerprint density at radius 3 is 0.921 bits per heavy atom. The van der Waals surface area contributed by atoms with Crippen molar-refractivity contribution in [1.29, 1.82) is 0 Å². The van der Waals surface area contributed by atoms with Crippen LogP contribution in [0.2, 0.25) is 0 Å². The number of carbonyl (C=O) groups excluding carboxylic acids is 2. The van der Waals surface area contributed by atoms with Gasteiger partial charge in [0.1, 0.15) is 13.2 Å². The van der Waals surface area contributed by atoms with Gasteiger partial charge in [0, 0.05) is 12.8 Å². The van der Waals surface area contributed by atoms with Crippen LogP contribution in [0.4, 0.5) is 0 Å². The van der Waals surface area contributed by atoms with Crippen LogP contribution < -0.4 is 0 Å². The number of carboxylic acids is 1. The Kier molecular flexibility index (Phi) is 63.6. The summed E-state index contributed by atoms with van der Waals surface area (Å²) >= 11 is 0. The summed E-state index contributed by atoms with van der Waals surface area (Å²) in [6, 6.07) is 0. The van der Waals surface area contributed by atoms with Crippen LogP contribution in [0.15, 0.2) is 194 Å². The Morgan fingerprint density at radius 2 is 0.607 bits per heavy atom. The highest BCUT2D eigenvalue weighted by Gasteiger charge is 2.25. The minimum Gasteiger partial charge on any atom is -0.477 e. The molecule has 0 aromatic rings. The van der Waals surface area contributed by atoms with Crippen LogP contribution in [0.3, 0.4) is 0 Å². The fourth-order valence-electron chi connectivity index (χ4n) is 8.63. The first-order valence-electron chi connectivity index (χ1n) is 34.6. The number of esters is 2. The number of aliphatic carboxylic acids is 1. The van der Waals surface area contributed by atoms with Crippen molar-refractivity contribution < 1.29 is 42.9 Å². The SMILES string of the molecule is CC/C=C\C/C=C\C/C=C\C/C=C\C/C=C\C/C=C\C/C=C\C/C=C\CCCCCCCCCCCCCCC(=O)OC(COC(=O)CCCC/C=C\C/C=C\C/C=C\C/C=C\C/C=C\C/C=C\C/C=C\C/C=C\CC)COC(OCC[N+](C)(C)C)C(=O)O. The van der Waals surface area contributed by atoms with E-state index in [0.717, 1.165) is 141 Å². The summed E-state index contributed by atoms with van der Waals surface area (Å²) < 4.78 is 22.9. The molecule has 0 aromatic carbocycles. The van der Waals surface area contributed by atoms with Crippen LogP contribution in [0.25, 0.3) is 0 Å². The average Bonchev–Trinajstić information content (AvgIpc) is 3.70. The average molecular weight is 1230 g/mol. The largest absolute Gasteiger partial charge is 0.477 e. The smallest absolute Gasteiger partial charge is 0.361 e. The van der Waals surface area contributed by atoms with Gasteiger partial charge in [-0.25, -0.2) is 4.79 Å². The minimum absolute atomic E-state index is 0.169. The van der Waals surface area contributed by atoms with Crippen LogP contribution >= 0.6 is 0 Å². The number of carboxylic acid groups (broad SMARTS) is 1. The molecule has 2 unspecified atom stereocenters. The Hall–Kier alpha value is -5.87. The number of ether oxygens (including phenoxy) is 4. The first-order valence-corrected chi connectivity index (χ1v) is 34.6. The second kappa shape index (κ2) is 68.0. The topological polar surface area (TPSA) is 108 Å². The molecule has 0 heterocycles. The monoisotopic (exact) mass is 1230 g/mol. The van der Waals surface area contributed by atoms with Gasteiger partial charge in [-0.15, -0.1) is 0 Å². The van der Waals surface area contributed by atoms with Crippen molar-refractivity contribution in [2.24, 2.45) is 0 Å². The number of likely N-dealkylation sites (N-methyl/N-ethyl adjacent to an activating group) is 1. The summed E-state index contributed by atoms with van der Waals surface area (Å²) in [6.45, 7) is 4.57. The van der Waals surface area contributed by atoms with Gasteiger partial charge in [0.05, 0.1) is 34.4 Å². The summed E-state index contributed by atoms with van der Waals surface area (Å²) in [5, 5.41) is 9.74. The van der Waals surface area contributed by atoms with Gasteiger partial charge in [-0.1, -0.05) is 272 Å². The first-order chi connectivity index (χ1) is 43.6. The quantitative estimate of drug-likeness (QED) is 0.0211. The van der Waals surface area contributed by atoms with E-state index in [1.807, 2.05) is 21.1 Å². The number of allylic oxidation sites excluding steroid dienone is 32. The molecule has 0 radical (unpaired) electrons.